The van der Waals surface area contributed by atoms with Crippen molar-refractivity contribution in [1.82, 2.24) is 4.98 Å². The molecule has 0 aliphatic rings. The van der Waals surface area contributed by atoms with E-state index in [-0.39, 0.29) is 6.61 Å². The second-order valence-electron chi connectivity index (χ2n) is 2.66. The lowest BCUT2D eigenvalue weighted by molar-refractivity contribution is 0.283. The number of rotatable bonds is 1. The third-order valence-corrected chi connectivity index (χ3v) is 2.13. The molecule has 1 heterocycles. The number of aromatic amines is 1. The van der Waals surface area contributed by atoms with Crippen molar-refractivity contribution >= 4 is 22.5 Å². The summed E-state index contributed by atoms with van der Waals surface area (Å²) in [7, 11) is 0. The third-order valence-electron chi connectivity index (χ3n) is 1.90. The zero-order valence-corrected chi connectivity index (χ0v) is 7.10. The summed E-state index contributed by atoms with van der Waals surface area (Å²) in [6, 6.07) is 5.56. The van der Waals surface area contributed by atoms with Gasteiger partial charge < -0.3 is 10.1 Å². The first kappa shape index (κ1) is 7.65. The average Bonchev–Trinajstić information content (AvgIpc) is 2.46. The molecule has 2 nitrogen and oxygen atoms in total. The van der Waals surface area contributed by atoms with Crippen molar-refractivity contribution in [1.29, 1.82) is 0 Å². The minimum Gasteiger partial charge on any atom is -0.392 e. The molecular formula is C9H8ClNO. The lowest BCUT2D eigenvalue weighted by atomic mass is 10.2. The van der Waals surface area contributed by atoms with E-state index < -0.39 is 0 Å². The van der Waals surface area contributed by atoms with Crippen molar-refractivity contribution in [2.24, 2.45) is 0 Å². The van der Waals surface area contributed by atoms with Crippen LogP contribution in [-0.2, 0) is 6.61 Å². The zero-order chi connectivity index (χ0) is 8.55. The molecule has 0 saturated carbocycles. The number of halogens is 1. The molecule has 0 atom stereocenters. The van der Waals surface area contributed by atoms with Crippen LogP contribution in [0.4, 0.5) is 0 Å². The Morgan fingerprint density at radius 3 is 3.00 bits per heavy atom. The van der Waals surface area contributed by atoms with Gasteiger partial charge >= 0.3 is 0 Å². The van der Waals surface area contributed by atoms with E-state index in [1.807, 2.05) is 18.2 Å². The number of hydrogen-bond acceptors (Lipinski definition) is 1. The van der Waals surface area contributed by atoms with Gasteiger partial charge in [-0.05, 0) is 12.1 Å². The Balaban J connectivity index is 2.73. The predicted octanol–water partition coefficient (Wildman–Crippen LogP) is 2.31. The molecule has 0 radical (unpaired) electrons. The van der Waals surface area contributed by atoms with Crippen molar-refractivity contribution in [2.75, 3.05) is 0 Å². The number of nitrogens with one attached hydrogen (secondary N) is 1. The monoisotopic (exact) mass is 181 g/mol. The topological polar surface area (TPSA) is 36.0 Å². The fraction of sp³-hybridized carbons (Fsp3) is 0.111. The van der Waals surface area contributed by atoms with Crippen LogP contribution in [0.2, 0.25) is 5.02 Å². The minimum absolute atomic E-state index is 0.0572. The standard InChI is InChI=1S/C9H8ClNO/c10-7-1-2-8-6(5-12)4-11-9(8)3-7/h1-4,11-12H,5H2. The molecule has 0 amide bonds. The summed E-state index contributed by atoms with van der Waals surface area (Å²) in [6.07, 6.45) is 1.79. The first-order valence-corrected chi connectivity index (χ1v) is 4.05. The molecular weight excluding hydrogens is 174 g/mol. The van der Waals surface area contributed by atoms with E-state index >= 15 is 0 Å². The van der Waals surface area contributed by atoms with E-state index in [0.717, 1.165) is 16.5 Å². The first-order chi connectivity index (χ1) is 5.81. The van der Waals surface area contributed by atoms with Gasteiger partial charge in [-0.15, -0.1) is 0 Å². The Morgan fingerprint density at radius 1 is 1.42 bits per heavy atom. The molecule has 0 spiro atoms. The third kappa shape index (κ3) is 1.09. The largest absolute Gasteiger partial charge is 0.392 e. The van der Waals surface area contributed by atoms with E-state index in [1.54, 1.807) is 6.20 Å². The predicted molar refractivity (Wildman–Crippen MR) is 49.2 cm³/mol. The molecule has 0 aliphatic heterocycles. The summed E-state index contributed by atoms with van der Waals surface area (Å²) in [6.45, 7) is 0.0572. The van der Waals surface area contributed by atoms with E-state index in [4.69, 9.17) is 16.7 Å². The van der Waals surface area contributed by atoms with Crippen LogP contribution in [0.15, 0.2) is 24.4 Å². The highest BCUT2D eigenvalue weighted by molar-refractivity contribution is 6.31. The highest BCUT2D eigenvalue weighted by Gasteiger charge is 2.01. The quantitative estimate of drug-likeness (QED) is 0.696. The van der Waals surface area contributed by atoms with Gasteiger partial charge in [0.05, 0.1) is 6.61 Å². The number of fused-ring (bicyclic) bond motifs is 1. The van der Waals surface area contributed by atoms with Crippen molar-refractivity contribution in [3.63, 3.8) is 0 Å². The molecule has 0 fully saturated rings. The molecule has 1 aromatic heterocycles. The second-order valence-corrected chi connectivity index (χ2v) is 3.10. The number of aromatic nitrogens is 1. The minimum atomic E-state index is 0.0572. The molecule has 3 heteroatoms. The van der Waals surface area contributed by atoms with E-state index in [1.165, 1.54) is 0 Å². The molecule has 0 aliphatic carbocycles. The molecule has 0 saturated heterocycles. The lowest BCUT2D eigenvalue weighted by Crippen LogP contribution is -1.77. The Kier molecular flexibility index (Phi) is 1.79. The number of aliphatic hydroxyl groups is 1. The molecule has 1 aromatic carbocycles. The molecule has 0 bridgehead atoms. The van der Waals surface area contributed by atoms with Gasteiger partial charge in [-0.3, -0.25) is 0 Å². The summed E-state index contributed by atoms with van der Waals surface area (Å²) < 4.78 is 0. The Labute approximate surface area is 74.8 Å². The summed E-state index contributed by atoms with van der Waals surface area (Å²) in [5, 5.41) is 10.7. The number of aliphatic hydroxyl groups excluding tert-OH is 1. The normalized spacial score (nSPS) is 10.8. The average molecular weight is 182 g/mol. The summed E-state index contributed by atoms with van der Waals surface area (Å²) in [4.78, 5) is 3.04. The molecule has 12 heavy (non-hydrogen) atoms. The first-order valence-electron chi connectivity index (χ1n) is 3.67. The van der Waals surface area contributed by atoms with Crippen LogP contribution in [-0.4, -0.2) is 10.1 Å². The SMILES string of the molecule is OCc1c[nH]c2cc(Cl)ccc12. The van der Waals surface area contributed by atoms with Gasteiger partial charge in [-0.25, -0.2) is 0 Å². The highest BCUT2D eigenvalue weighted by atomic mass is 35.5. The number of hydrogen-bond donors (Lipinski definition) is 2. The van der Waals surface area contributed by atoms with Crippen LogP contribution >= 0.6 is 11.6 Å². The summed E-state index contributed by atoms with van der Waals surface area (Å²) in [5.74, 6) is 0. The molecule has 2 N–H and O–H groups in total. The van der Waals surface area contributed by atoms with Crippen molar-refractivity contribution in [3.05, 3.63) is 35.0 Å². The number of benzene rings is 1. The van der Waals surface area contributed by atoms with Crippen LogP contribution < -0.4 is 0 Å². The van der Waals surface area contributed by atoms with Crippen LogP contribution in [0.25, 0.3) is 10.9 Å². The molecule has 0 unspecified atom stereocenters. The smallest absolute Gasteiger partial charge is 0.0702 e. The van der Waals surface area contributed by atoms with Gasteiger partial charge in [0, 0.05) is 27.7 Å². The van der Waals surface area contributed by atoms with E-state index in [2.05, 4.69) is 4.98 Å². The zero-order valence-electron chi connectivity index (χ0n) is 6.34. The van der Waals surface area contributed by atoms with E-state index in [0.29, 0.717) is 5.02 Å². The maximum Gasteiger partial charge on any atom is 0.0702 e. The summed E-state index contributed by atoms with van der Waals surface area (Å²) >= 11 is 5.79. The Bertz CT molecular complexity index is 408. The fourth-order valence-corrected chi connectivity index (χ4v) is 1.46. The highest BCUT2D eigenvalue weighted by Crippen LogP contribution is 2.21. The van der Waals surface area contributed by atoms with Crippen LogP contribution in [0, 0.1) is 0 Å². The Hall–Kier alpha value is -0.990. The van der Waals surface area contributed by atoms with Crippen molar-refractivity contribution in [3.8, 4) is 0 Å². The molecule has 62 valence electrons. The lowest BCUT2D eigenvalue weighted by Gasteiger charge is -1.93. The van der Waals surface area contributed by atoms with Gasteiger partial charge in [0.1, 0.15) is 0 Å². The van der Waals surface area contributed by atoms with Gasteiger partial charge in [-0.2, -0.15) is 0 Å². The van der Waals surface area contributed by atoms with Crippen LogP contribution in [0.5, 0.6) is 0 Å². The van der Waals surface area contributed by atoms with E-state index in [9.17, 15) is 0 Å². The van der Waals surface area contributed by atoms with Gasteiger partial charge in [0.25, 0.3) is 0 Å². The van der Waals surface area contributed by atoms with Crippen molar-refractivity contribution < 1.29 is 5.11 Å². The maximum absolute atomic E-state index is 8.94. The van der Waals surface area contributed by atoms with Crippen molar-refractivity contribution in [2.45, 2.75) is 6.61 Å². The van der Waals surface area contributed by atoms with Gasteiger partial charge in [0.2, 0.25) is 0 Å². The Morgan fingerprint density at radius 2 is 2.25 bits per heavy atom. The van der Waals surface area contributed by atoms with Gasteiger partial charge in [-0.1, -0.05) is 17.7 Å². The van der Waals surface area contributed by atoms with Crippen LogP contribution in [0.1, 0.15) is 5.56 Å². The van der Waals surface area contributed by atoms with Crippen LogP contribution in [0.3, 0.4) is 0 Å². The fourth-order valence-electron chi connectivity index (χ4n) is 1.29. The second kappa shape index (κ2) is 2.81. The molecule has 2 rings (SSSR count). The summed E-state index contributed by atoms with van der Waals surface area (Å²) in [5.41, 5.74) is 1.87. The maximum atomic E-state index is 8.94. The number of H-pyrrole nitrogens is 1. The van der Waals surface area contributed by atoms with Gasteiger partial charge in [0.15, 0.2) is 0 Å². The molecule has 2 aromatic rings.